The number of rotatable bonds is 4. The highest BCUT2D eigenvalue weighted by molar-refractivity contribution is 9.10. The number of nitrogens with one attached hydrogen (secondary N) is 1. The largest absolute Gasteiger partial charge is 0.347 e. The summed E-state index contributed by atoms with van der Waals surface area (Å²) in [5, 5.41) is 6.10. The Morgan fingerprint density at radius 3 is 2.96 bits per heavy atom. The molecule has 1 fully saturated rings. The van der Waals surface area contributed by atoms with E-state index in [1.54, 1.807) is 11.3 Å². The summed E-state index contributed by atoms with van der Waals surface area (Å²) in [6.07, 6.45) is 2.89. The summed E-state index contributed by atoms with van der Waals surface area (Å²) in [4.78, 5) is 21.3. The average molecular weight is 409 g/mol. The second-order valence-corrected chi connectivity index (χ2v) is 7.73. The van der Waals surface area contributed by atoms with Gasteiger partial charge in [-0.2, -0.15) is 0 Å². The predicted molar refractivity (Wildman–Crippen MR) is 103 cm³/mol. The Hall–Kier alpha value is -1.44. The van der Waals surface area contributed by atoms with Gasteiger partial charge in [0.1, 0.15) is 0 Å². The van der Waals surface area contributed by atoms with Crippen LogP contribution >= 0.6 is 27.3 Å². The maximum absolute atomic E-state index is 12.4. The Balaban J connectivity index is 1.53. The van der Waals surface area contributed by atoms with Gasteiger partial charge in [0.2, 0.25) is 5.91 Å². The normalized spacial score (nSPS) is 16.0. The summed E-state index contributed by atoms with van der Waals surface area (Å²) in [7, 11) is 0. The molecule has 0 spiro atoms. The van der Waals surface area contributed by atoms with E-state index in [0.29, 0.717) is 6.54 Å². The van der Waals surface area contributed by atoms with Crippen LogP contribution < -0.4 is 10.2 Å². The molecule has 2 heterocycles. The number of aryl methyl sites for hydroxylation is 1. The van der Waals surface area contributed by atoms with Crippen molar-refractivity contribution >= 4 is 44.0 Å². The molecule has 0 saturated carbocycles. The van der Waals surface area contributed by atoms with Crippen molar-refractivity contribution in [2.45, 2.75) is 13.3 Å². The minimum absolute atomic E-state index is 0.0446. The van der Waals surface area contributed by atoms with Crippen LogP contribution in [0.2, 0.25) is 0 Å². The highest BCUT2D eigenvalue weighted by atomic mass is 79.9. The summed E-state index contributed by atoms with van der Waals surface area (Å²) in [5.41, 5.74) is 1.94. The van der Waals surface area contributed by atoms with Crippen molar-refractivity contribution in [2.24, 2.45) is 0 Å². The van der Waals surface area contributed by atoms with Gasteiger partial charge in [-0.25, -0.2) is 4.98 Å². The highest BCUT2D eigenvalue weighted by Crippen LogP contribution is 2.21. The summed E-state index contributed by atoms with van der Waals surface area (Å²) >= 11 is 5.11. The number of nitrogens with zero attached hydrogens (tertiary/aromatic N) is 3. The molecule has 3 rings (SSSR count). The first-order valence-electron chi connectivity index (χ1n) is 8.04. The molecular weight excluding hydrogens is 388 g/mol. The number of hydrogen-bond acceptors (Lipinski definition) is 5. The lowest BCUT2D eigenvalue weighted by Gasteiger charge is -2.21. The molecule has 2 aromatic rings. The number of anilines is 2. The number of halogens is 1. The molecule has 1 aromatic carbocycles. The Morgan fingerprint density at radius 2 is 2.21 bits per heavy atom. The molecule has 1 N–H and O–H groups in total. The third-order valence-electron chi connectivity index (χ3n) is 4.11. The molecule has 128 valence electrons. The first-order valence-corrected chi connectivity index (χ1v) is 9.72. The molecular formula is C17H21BrN4OS. The third kappa shape index (κ3) is 4.55. The number of carbonyl (C=O) groups is 1. The zero-order valence-corrected chi connectivity index (χ0v) is 16.1. The number of aromatic nitrogens is 1. The maximum Gasteiger partial charge on any atom is 0.238 e. The van der Waals surface area contributed by atoms with Gasteiger partial charge >= 0.3 is 0 Å². The Labute approximate surface area is 154 Å². The molecule has 1 aliphatic rings. The van der Waals surface area contributed by atoms with E-state index in [2.05, 4.69) is 36.0 Å². The van der Waals surface area contributed by atoms with Crippen LogP contribution in [0.5, 0.6) is 0 Å². The maximum atomic E-state index is 12.4. The van der Waals surface area contributed by atoms with Crippen LogP contribution in [0.4, 0.5) is 10.8 Å². The van der Waals surface area contributed by atoms with Gasteiger partial charge in [0, 0.05) is 47.9 Å². The van der Waals surface area contributed by atoms with Crippen molar-refractivity contribution in [3.63, 3.8) is 0 Å². The van der Waals surface area contributed by atoms with Crippen LogP contribution in [0.15, 0.2) is 34.2 Å². The number of thiazole rings is 1. The molecule has 0 aliphatic carbocycles. The first-order chi connectivity index (χ1) is 11.6. The van der Waals surface area contributed by atoms with Crippen LogP contribution in [0.25, 0.3) is 0 Å². The molecule has 1 aliphatic heterocycles. The van der Waals surface area contributed by atoms with Crippen molar-refractivity contribution < 1.29 is 4.79 Å². The van der Waals surface area contributed by atoms with Crippen LogP contribution in [-0.4, -0.2) is 48.5 Å². The van der Waals surface area contributed by atoms with Gasteiger partial charge < -0.3 is 10.2 Å². The second kappa shape index (κ2) is 8.09. The van der Waals surface area contributed by atoms with Gasteiger partial charge in [-0.1, -0.05) is 15.9 Å². The third-order valence-corrected chi connectivity index (χ3v) is 5.43. The molecule has 0 bridgehead atoms. The van der Waals surface area contributed by atoms with E-state index in [9.17, 15) is 4.79 Å². The number of benzene rings is 1. The fraction of sp³-hybridized carbons (Fsp3) is 0.412. The number of carbonyl (C=O) groups excluding carboxylic acids is 1. The van der Waals surface area contributed by atoms with E-state index in [-0.39, 0.29) is 5.91 Å². The van der Waals surface area contributed by atoms with E-state index < -0.39 is 0 Å². The molecule has 1 amide bonds. The molecule has 24 heavy (non-hydrogen) atoms. The van der Waals surface area contributed by atoms with E-state index in [1.807, 2.05) is 36.7 Å². The lowest BCUT2D eigenvalue weighted by Crippen LogP contribution is -2.36. The van der Waals surface area contributed by atoms with E-state index in [0.717, 1.165) is 53.5 Å². The zero-order valence-electron chi connectivity index (χ0n) is 13.7. The van der Waals surface area contributed by atoms with Crippen LogP contribution in [0.1, 0.15) is 12.0 Å². The van der Waals surface area contributed by atoms with Gasteiger partial charge in [-0.05, 0) is 37.1 Å². The smallest absolute Gasteiger partial charge is 0.238 e. The summed E-state index contributed by atoms with van der Waals surface area (Å²) in [6.45, 7) is 6.16. The topological polar surface area (TPSA) is 48.5 Å². The number of amides is 1. The predicted octanol–water partition coefficient (Wildman–Crippen LogP) is 3.36. The molecule has 7 heteroatoms. The highest BCUT2D eigenvalue weighted by Gasteiger charge is 2.18. The lowest BCUT2D eigenvalue weighted by molar-refractivity contribution is -0.117. The number of hydrogen-bond donors (Lipinski definition) is 1. The fourth-order valence-electron chi connectivity index (χ4n) is 2.85. The quantitative estimate of drug-likeness (QED) is 0.842. The molecule has 0 radical (unpaired) electrons. The van der Waals surface area contributed by atoms with Gasteiger partial charge in [-0.3, -0.25) is 9.69 Å². The Morgan fingerprint density at radius 1 is 1.33 bits per heavy atom. The molecule has 1 aromatic heterocycles. The minimum Gasteiger partial charge on any atom is -0.347 e. The Kier molecular flexibility index (Phi) is 5.86. The van der Waals surface area contributed by atoms with Crippen LogP contribution in [0, 0.1) is 6.92 Å². The van der Waals surface area contributed by atoms with Crippen molar-refractivity contribution in [2.75, 3.05) is 42.9 Å². The van der Waals surface area contributed by atoms with Crippen molar-refractivity contribution in [3.05, 3.63) is 39.8 Å². The van der Waals surface area contributed by atoms with E-state index >= 15 is 0 Å². The van der Waals surface area contributed by atoms with E-state index in [1.165, 1.54) is 0 Å². The van der Waals surface area contributed by atoms with Crippen molar-refractivity contribution in [1.29, 1.82) is 0 Å². The minimum atomic E-state index is 0.0446. The van der Waals surface area contributed by atoms with Gasteiger partial charge in [-0.15, -0.1) is 11.3 Å². The molecule has 0 unspecified atom stereocenters. The standard InChI is InChI=1S/C17H21BrN4OS/c1-13-11-14(18)3-4-15(13)20-16(23)12-21-6-2-7-22(9-8-21)17-19-5-10-24-17/h3-5,10-11H,2,6-9,12H2,1H3,(H,20,23). The fourth-order valence-corrected chi connectivity index (χ4v) is 4.02. The zero-order chi connectivity index (χ0) is 16.9. The Bertz CT molecular complexity index is 692. The van der Waals surface area contributed by atoms with Gasteiger partial charge in [0.25, 0.3) is 0 Å². The summed E-state index contributed by atoms with van der Waals surface area (Å²) in [6, 6.07) is 5.89. The summed E-state index contributed by atoms with van der Waals surface area (Å²) in [5.74, 6) is 0.0446. The first kappa shape index (κ1) is 17.4. The second-order valence-electron chi connectivity index (χ2n) is 5.94. The SMILES string of the molecule is Cc1cc(Br)ccc1NC(=O)CN1CCCN(c2nccs2)CC1. The lowest BCUT2D eigenvalue weighted by atomic mass is 10.2. The van der Waals surface area contributed by atoms with Gasteiger partial charge in [0.15, 0.2) is 5.13 Å². The van der Waals surface area contributed by atoms with Gasteiger partial charge in [0.05, 0.1) is 6.54 Å². The molecule has 0 atom stereocenters. The molecule has 5 nitrogen and oxygen atoms in total. The van der Waals surface area contributed by atoms with Crippen molar-refractivity contribution in [3.8, 4) is 0 Å². The van der Waals surface area contributed by atoms with Crippen LogP contribution in [-0.2, 0) is 4.79 Å². The van der Waals surface area contributed by atoms with Crippen molar-refractivity contribution in [1.82, 2.24) is 9.88 Å². The summed E-state index contributed by atoms with van der Waals surface area (Å²) < 4.78 is 1.02. The average Bonchev–Trinajstić information content (AvgIpc) is 2.98. The van der Waals surface area contributed by atoms with E-state index in [4.69, 9.17) is 0 Å². The van der Waals surface area contributed by atoms with Crippen LogP contribution in [0.3, 0.4) is 0 Å². The monoisotopic (exact) mass is 408 g/mol. The molecule has 1 saturated heterocycles.